The molecule has 0 aliphatic heterocycles. The number of nitrogens with two attached hydrogens (primary N) is 1. The van der Waals surface area contributed by atoms with Gasteiger partial charge in [0.15, 0.2) is 0 Å². The number of rotatable bonds is 4. The maximum Gasteiger partial charge on any atom is 0.246 e. The topological polar surface area (TPSA) is 46.3 Å². The van der Waals surface area contributed by atoms with Gasteiger partial charge in [0, 0.05) is 25.7 Å². The summed E-state index contributed by atoms with van der Waals surface area (Å²) < 4.78 is 0. The molecule has 1 unspecified atom stereocenters. The SMILES string of the molecule is CC(C)=CC(=O)N(C)C(CN)C1CC1. The average Bonchev–Trinajstić information content (AvgIpc) is 2.88. The van der Waals surface area contributed by atoms with Crippen molar-refractivity contribution >= 4 is 5.91 Å². The lowest BCUT2D eigenvalue weighted by molar-refractivity contribution is -0.127. The second-order valence-corrected chi connectivity index (χ2v) is 4.31. The number of hydrogen-bond acceptors (Lipinski definition) is 2. The number of amides is 1. The van der Waals surface area contributed by atoms with Gasteiger partial charge >= 0.3 is 0 Å². The number of allylic oxidation sites excluding steroid dienone is 1. The van der Waals surface area contributed by atoms with E-state index in [4.69, 9.17) is 5.73 Å². The monoisotopic (exact) mass is 196 g/mol. The van der Waals surface area contributed by atoms with E-state index < -0.39 is 0 Å². The van der Waals surface area contributed by atoms with Crippen LogP contribution in [0.4, 0.5) is 0 Å². The van der Waals surface area contributed by atoms with Crippen LogP contribution in [0.15, 0.2) is 11.6 Å². The second-order valence-electron chi connectivity index (χ2n) is 4.31. The normalized spacial score (nSPS) is 17.4. The largest absolute Gasteiger partial charge is 0.338 e. The molecule has 1 amide bonds. The van der Waals surface area contributed by atoms with Gasteiger partial charge in [-0.15, -0.1) is 0 Å². The van der Waals surface area contributed by atoms with Crippen molar-refractivity contribution in [3.05, 3.63) is 11.6 Å². The molecule has 2 N–H and O–H groups in total. The zero-order valence-electron chi connectivity index (χ0n) is 9.29. The molecule has 0 aromatic heterocycles. The first-order valence-corrected chi connectivity index (χ1v) is 5.18. The number of carbonyl (C=O) groups is 1. The Bertz CT molecular complexity index is 240. The Hall–Kier alpha value is -0.830. The molecule has 1 fully saturated rings. The first-order chi connectivity index (χ1) is 6.56. The van der Waals surface area contributed by atoms with Crippen LogP contribution in [-0.2, 0) is 4.79 Å². The summed E-state index contributed by atoms with van der Waals surface area (Å²) in [7, 11) is 1.84. The molecule has 1 saturated carbocycles. The molecule has 3 nitrogen and oxygen atoms in total. The highest BCUT2D eigenvalue weighted by atomic mass is 16.2. The molecule has 0 aromatic rings. The van der Waals surface area contributed by atoms with Crippen LogP contribution in [0.5, 0.6) is 0 Å². The molecule has 0 bridgehead atoms. The smallest absolute Gasteiger partial charge is 0.246 e. The Morgan fingerprint density at radius 3 is 2.50 bits per heavy atom. The van der Waals surface area contributed by atoms with Gasteiger partial charge in [0.05, 0.1) is 0 Å². The van der Waals surface area contributed by atoms with Crippen molar-refractivity contribution in [2.45, 2.75) is 32.7 Å². The average molecular weight is 196 g/mol. The van der Waals surface area contributed by atoms with Crippen molar-refractivity contribution in [1.29, 1.82) is 0 Å². The quantitative estimate of drug-likeness (QED) is 0.686. The first kappa shape index (κ1) is 11.2. The van der Waals surface area contributed by atoms with Gasteiger partial charge in [-0.2, -0.15) is 0 Å². The van der Waals surface area contributed by atoms with E-state index in [-0.39, 0.29) is 11.9 Å². The second kappa shape index (κ2) is 4.60. The van der Waals surface area contributed by atoms with Crippen LogP contribution in [0.1, 0.15) is 26.7 Å². The third-order valence-electron chi connectivity index (χ3n) is 2.66. The van der Waals surface area contributed by atoms with Crippen molar-refractivity contribution in [2.75, 3.05) is 13.6 Å². The van der Waals surface area contributed by atoms with E-state index in [1.165, 1.54) is 12.8 Å². The van der Waals surface area contributed by atoms with Crippen LogP contribution in [-0.4, -0.2) is 30.4 Å². The van der Waals surface area contributed by atoms with E-state index in [2.05, 4.69) is 0 Å². The molecule has 0 aromatic carbocycles. The maximum absolute atomic E-state index is 11.7. The van der Waals surface area contributed by atoms with Crippen molar-refractivity contribution in [3.63, 3.8) is 0 Å². The molecular weight excluding hydrogens is 176 g/mol. The molecule has 1 aliphatic carbocycles. The van der Waals surface area contributed by atoms with Crippen LogP contribution >= 0.6 is 0 Å². The Morgan fingerprint density at radius 2 is 2.14 bits per heavy atom. The van der Waals surface area contributed by atoms with Crippen molar-refractivity contribution < 1.29 is 4.79 Å². The first-order valence-electron chi connectivity index (χ1n) is 5.18. The Labute approximate surface area is 86.0 Å². The van der Waals surface area contributed by atoms with Gasteiger partial charge < -0.3 is 10.6 Å². The molecule has 14 heavy (non-hydrogen) atoms. The maximum atomic E-state index is 11.7. The fourth-order valence-corrected chi connectivity index (χ4v) is 1.66. The van der Waals surface area contributed by atoms with Crippen LogP contribution in [0.25, 0.3) is 0 Å². The fraction of sp³-hybridized carbons (Fsp3) is 0.727. The molecule has 1 aliphatic rings. The van der Waals surface area contributed by atoms with E-state index in [1.807, 2.05) is 20.9 Å². The highest BCUT2D eigenvalue weighted by molar-refractivity contribution is 5.88. The summed E-state index contributed by atoms with van der Waals surface area (Å²) in [6.45, 7) is 4.43. The highest BCUT2D eigenvalue weighted by Gasteiger charge is 2.34. The van der Waals surface area contributed by atoms with Gasteiger partial charge in [0.2, 0.25) is 5.91 Å². The highest BCUT2D eigenvalue weighted by Crippen LogP contribution is 2.34. The van der Waals surface area contributed by atoms with Gasteiger partial charge in [0.1, 0.15) is 0 Å². The number of likely N-dealkylation sites (N-methyl/N-ethyl adjacent to an activating group) is 1. The summed E-state index contributed by atoms with van der Waals surface area (Å²) in [6.07, 6.45) is 4.10. The zero-order valence-corrected chi connectivity index (χ0v) is 9.29. The van der Waals surface area contributed by atoms with Gasteiger partial charge in [-0.3, -0.25) is 4.79 Å². The summed E-state index contributed by atoms with van der Waals surface area (Å²) >= 11 is 0. The lowest BCUT2D eigenvalue weighted by Crippen LogP contribution is -2.42. The molecule has 0 saturated heterocycles. The van der Waals surface area contributed by atoms with Gasteiger partial charge in [0.25, 0.3) is 0 Å². The number of carbonyl (C=O) groups excluding carboxylic acids is 1. The van der Waals surface area contributed by atoms with Crippen molar-refractivity contribution in [1.82, 2.24) is 4.90 Å². The predicted octanol–water partition coefficient (Wildman–Crippen LogP) is 1.15. The molecular formula is C11H20N2O. The Kier molecular flexibility index (Phi) is 3.69. The lowest BCUT2D eigenvalue weighted by Gasteiger charge is -2.26. The summed E-state index contributed by atoms with van der Waals surface area (Å²) in [4.78, 5) is 13.5. The molecule has 80 valence electrons. The van der Waals surface area contributed by atoms with E-state index in [9.17, 15) is 4.79 Å². The summed E-state index contributed by atoms with van der Waals surface area (Å²) in [5.74, 6) is 0.715. The van der Waals surface area contributed by atoms with Crippen LogP contribution in [0.3, 0.4) is 0 Å². The van der Waals surface area contributed by atoms with Gasteiger partial charge in [-0.25, -0.2) is 0 Å². The Balaban J connectivity index is 2.57. The van der Waals surface area contributed by atoms with Gasteiger partial charge in [-0.1, -0.05) is 5.57 Å². The van der Waals surface area contributed by atoms with E-state index >= 15 is 0 Å². The fourth-order valence-electron chi connectivity index (χ4n) is 1.66. The summed E-state index contributed by atoms with van der Waals surface area (Å²) in [6, 6.07) is 0.234. The predicted molar refractivity (Wildman–Crippen MR) is 57.8 cm³/mol. The minimum Gasteiger partial charge on any atom is -0.338 e. The van der Waals surface area contributed by atoms with E-state index in [1.54, 1.807) is 11.0 Å². The standard InChI is InChI=1S/C11H20N2O/c1-8(2)6-11(14)13(3)10(7-12)9-4-5-9/h6,9-10H,4-5,7,12H2,1-3H3. The lowest BCUT2D eigenvalue weighted by atomic mass is 10.1. The molecule has 0 radical (unpaired) electrons. The third kappa shape index (κ3) is 2.84. The van der Waals surface area contributed by atoms with Crippen molar-refractivity contribution in [3.8, 4) is 0 Å². The molecule has 3 heteroatoms. The number of nitrogens with zero attached hydrogens (tertiary/aromatic N) is 1. The van der Waals surface area contributed by atoms with Gasteiger partial charge in [-0.05, 0) is 32.6 Å². The molecule has 0 heterocycles. The minimum absolute atomic E-state index is 0.0763. The summed E-state index contributed by atoms with van der Waals surface area (Å²) in [5, 5.41) is 0. The zero-order chi connectivity index (χ0) is 10.7. The van der Waals surface area contributed by atoms with Crippen molar-refractivity contribution in [2.24, 2.45) is 11.7 Å². The van der Waals surface area contributed by atoms with Crippen LogP contribution < -0.4 is 5.73 Å². The minimum atomic E-state index is 0.0763. The third-order valence-corrected chi connectivity index (χ3v) is 2.66. The van der Waals surface area contributed by atoms with E-state index in [0.29, 0.717) is 12.5 Å². The molecule has 0 spiro atoms. The summed E-state index contributed by atoms with van der Waals surface area (Å²) in [5.41, 5.74) is 6.70. The number of hydrogen-bond donors (Lipinski definition) is 1. The van der Waals surface area contributed by atoms with E-state index in [0.717, 1.165) is 5.57 Å². The van der Waals surface area contributed by atoms with Crippen LogP contribution in [0, 0.1) is 5.92 Å². The molecule has 1 atom stereocenters. The Morgan fingerprint density at radius 1 is 1.57 bits per heavy atom. The molecule has 1 rings (SSSR count). The van der Waals surface area contributed by atoms with Crippen LogP contribution in [0.2, 0.25) is 0 Å².